The first-order valence-corrected chi connectivity index (χ1v) is 12.6. The maximum atomic E-state index is 13.6. The van der Waals surface area contributed by atoms with Crippen molar-refractivity contribution in [2.75, 3.05) is 46.6 Å². The molecule has 1 aromatic rings. The molecule has 9 nitrogen and oxygen atoms in total. The van der Waals surface area contributed by atoms with Gasteiger partial charge in [-0.3, -0.25) is 4.79 Å². The molecule has 9 heteroatoms. The lowest BCUT2D eigenvalue weighted by molar-refractivity contribution is -0.150. The molecule has 0 aromatic heterocycles. The van der Waals surface area contributed by atoms with Crippen molar-refractivity contribution in [2.24, 2.45) is 0 Å². The van der Waals surface area contributed by atoms with Crippen LogP contribution in [0.25, 0.3) is 0 Å². The molecule has 35 heavy (non-hydrogen) atoms. The van der Waals surface area contributed by atoms with E-state index in [2.05, 4.69) is 6.07 Å². The fourth-order valence-corrected chi connectivity index (χ4v) is 4.37. The number of hydrogen-bond acceptors (Lipinski definition) is 7. The Balaban J connectivity index is 1.45. The zero-order chi connectivity index (χ0) is 25.0. The van der Waals surface area contributed by atoms with Gasteiger partial charge >= 0.3 is 6.09 Å². The van der Waals surface area contributed by atoms with Crippen LogP contribution in [0.2, 0.25) is 0 Å². The Kier molecular flexibility index (Phi) is 8.06. The molecule has 0 unspecified atom stereocenters. The molecule has 1 saturated carbocycles. The second kappa shape index (κ2) is 11.0. The Bertz CT molecular complexity index is 910. The van der Waals surface area contributed by atoms with Crippen molar-refractivity contribution in [1.82, 2.24) is 9.80 Å². The van der Waals surface area contributed by atoms with E-state index in [1.165, 1.54) is 0 Å². The van der Waals surface area contributed by atoms with Crippen LogP contribution in [0.1, 0.15) is 51.2 Å². The number of carbonyl (C=O) groups excluding carboxylic acids is 2. The van der Waals surface area contributed by atoms with Crippen LogP contribution in [-0.2, 0) is 32.0 Å². The highest BCUT2D eigenvalue weighted by molar-refractivity contribution is 5.83. The number of fused-ring (bicyclic) bond motifs is 1. The summed E-state index contributed by atoms with van der Waals surface area (Å²) < 4.78 is 28.3. The number of ether oxygens (including phenoxy) is 5. The third-order valence-corrected chi connectivity index (χ3v) is 6.18. The highest BCUT2D eigenvalue weighted by atomic mass is 16.6. The van der Waals surface area contributed by atoms with E-state index in [-0.39, 0.29) is 18.5 Å². The van der Waals surface area contributed by atoms with Gasteiger partial charge in [0.15, 0.2) is 17.6 Å². The Hall–Kier alpha value is -2.52. The molecule has 1 aliphatic carbocycles. The highest BCUT2D eigenvalue weighted by Gasteiger charge is 2.39. The quantitative estimate of drug-likeness (QED) is 0.492. The number of hydrogen-bond donors (Lipinski definition) is 0. The minimum atomic E-state index is -0.695. The first kappa shape index (κ1) is 25.6. The lowest BCUT2D eigenvalue weighted by atomic mass is 10.1. The molecular formula is C26H38N2O7. The molecule has 194 valence electrons. The first-order valence-electron chi connectivity index (χ1n) is 12.6. The maximum absolute atomic E-state index is 13.6. The van der Waals surface area contributed by atoms with Crippen molar-refractivity contribution in [3.8, 4) is 11.5 Å². The van der Waals surface area contributed by atoms with Gasteiger partial charge in [0.2, 0.25) is 0 Å². The third kappa shape index (κ3) is 6.79. The molecule has 1 atom stereocenters. The summed E-state index contributed by atoms with van der Waals surface area (Å²) in [6.45, 7) is 8.69. The molecule has 0 N–H and O–H groups in total. The normalized spacial score (nSPS) is 19.7. The smallest absolute Gasteiger partial charge is 0.410 e. The topological polar surface area (TPSA) is 86.8 Å². The van der Waals surface area contributed by atoms with Crippen molar-refractivity contribution in [2.45, 2.75) is 70.7 Å². The molecule has 1 aromatic carbocycles. The molecule has 2 amide bonds. The third-order valence-electron chi connectivity index (χ3n) is 6.18. The van der Waals surface area contributed by atoms with E-state index in [1.807, 2.05) is 31.7 Å². The Labute approximate surface area is 207 Å². The monoisotopic (exact) mass is 490 g/mol. The van der Waals surface area contributed by atoms with Crippen LogP contribution < -0.4 is 9.47 Å². The van der Waals surface area contributed by atoms with Gasteiger partial charge in [0.25, 0.3) is 5.91 Å². The molecular weight excluding hydrogens is 452 g/mol. The molecule has 0 spiro atoms. The van der Waals surface area contributed by atoms with Crippen LogP contribution in [-0.4, -0.2) is 86.2 Å². The van der Waals surface area contributed by atoms with E-state index in [0.29, 0.717) is 39.5 Å². The summed E-state index contributed by atoms with van der Waals surface area (Å²) >= 11 is 0. The van der Waals surface area contributed by atoms with E-state index in [4.69, 9.17) is 23.7 Å². The van der Waals surface area contributed by atoms with E-state index in [9.17, 15) is 9.59 Å². The fraction of sp³-hybridized carbons (Fsp3) is 0.692. The van der Waals surface area contributed by atoms with Gasteiger partial charge in [-0.05, 0) is 51.3 Å². The summed E-state index contributed by atoms with van der Waals surface area (Å²) in [6, 6.07) is 4.29. The zero-order valence-electron chi connectivity index (χ0n) is 21.3. The second-order valence-electron chi connectivity index (χ2n) is 10.4. The Morgan fingerprint density at radius 3 is 2.69 bits per heavy atom. The lowest BCUT2D eigenvalue weighted by Crippen LogP contribution is -2.53. The number of methoxy groups -OCH3 is 1. The van der Waals surface area contributed by atoms with Gasteiger partial charge in [0, 0.05) is 51.3 Å². The summed E-state index contributed by atoms with van der Waals surface area (Å²) in [5, 5.41) is 0. The average Bonchev–Trinajstić information content (AvgIpc) is 3.55. The number of morpholine rings is 1. The van der Waals surface area contributed by atoms with E-state index in [0.717, 1.165) is 48.3 Å². The standard InChI is InChI=1S/C26H38N2O7/c1-26(2,3)35-25(30)27-9-13-33-22(17-27)24(29)28(20-6-7-20)16-18-14-19-8-12-34-23(19)21(15-18)32-11-5-10-31-4/h14-15,20,22H,5-13,16-17H2,1-4H3/t22-/m1/s1. The van der Waals surface area contributed by atoms with Gasteiger partial charge in [0.05, 0.1) is 26.4 Å². The molecule has 2 fully saturated rings. The minimum absolute atomic E-state index is 0.0833. The average molecular weight is 491 g/mol. The van der Waals surface area contributed by atoms with Gasteiger partial charge < -0.3 is 33.5 Å². The highest BCUT2D eigenvalue weighted by Crippen LogP contribution is 2.38. The van der Waals surface area contributed by atoms with Crippen LogP contribution >= 0.6 is 0 Å². The number of amides is 2. The van der Waals surface area contributed by atoms with Gasteiger partial charge in [-0.25, -0.2) is 4.79 Å². The Morgan fingerprint density at radius 2 is 1.97 bits per heavy atom. The minimum Gasteiger partial charge on any atom is -0.490 e. The van der Waals surface area contributed by atoms with Gasteiger partial charge in [-0.1, -0.05) is 0 Å². The summed E-state index contributed by atoms with van der Waals surface area (Å²) in [7, 11) is 1.67. The summed E-state index contributed by atoms with van der Waals surface area (Å²) in [5.74, 6) is 1.44. The SMILES string of the molecule is COCCCOc1cc(CN(C(=O)[C@H]2CN(C(=O)OC(C)(C)C)CCO2)C2CC2)cc2c1OCC2. The maximum Gasteiger partial charge on any atom is 0.410 e. The molecule has 1 saturated heterocycles. The summed E-state index contributed by atoms with van der Waals surface area (Å²) in [6.07, 6.45) is 2.46. The van der Waals surface area contributed by atoms with Gasteiger partial charge in [-0.2, -0.15) is 0 Å². The summed E-state index contributed by atoms with van der Waals surface area (Å²) in [5.41, 5.74) is 1.53. The number of rotatable bonds is 9. The second-order valence-corrected chi connectivity index (χ2v) is 10.4. The summed E-state index contributed by atoms with van der Waals surface area (Å²) in [4.78, 5) is 29.6. The van der Waals surface area contributed by atoms with Crippen molar-refractivity contribution in [1.29, 1.82) is 0 Å². The van der Waals surface area contributed by atoms with E-state index >= 15 is 0 Å². The van der Waals surface area contributed by atoms with Crippen LogP contribution in [0, 0.1) is 0 Å². The molecule has 2 heterocycles. The fourth-order valence-electron chi connectivity index (χ4n) is 4.37. The molecule has 4 rings (SSSR count). The molecule has 0 radical (unpaired) electrons. The predicted molar refractivity (Wildman–Crippen MR) is 129 cm³/mol. The van der Waals surface area contributed by atoms with Gasteiger partial charge in [-0.15, -0.1) is 0 Å². The van der Waals surface area contributed by atoms with Crippen LogP contribution in [0.5, 0.6) is 11.5 Å². The van der Waals surface area contributed by atoms with Crippen LogP contribution in [0.3, 0.4) is 0 Å². The molecule has 0 bridgehead atoms. The van der Waals surface area contributed by atoms with Crippen molar-refractivity contribution < 1.29 is 33.3 Å². The number of benzene rings is 1. The van der Waals surface area contributed by atoms with E-state index in [1.54, 1.807) is 12.0 Å². The van der Waals surface area contributed by atoms with Crippen LogP contribution in [0.4, 0.5) is 4.79 Å². The first-order chi connectivity index (χ1) is 16.7. The van der Waals surface area contributed by atoms with Crippen molar-refractivity contribution in [3.05, 3.63) is 23.3 Å². The van der Waals surface area contributed by atoms with Crippen LogP contribution in [0.15, 0.2) is 12.1 Å². The van der Waals surface area contributed by atoms with E-state index < -0.39 is 17.8 Å². The molecule has 3 aliphatic rings. The Morgan fingerprint density at radius 1 is 1.17 bits per heavy atom. The predicted octanol–water partition coefficient (Wildman–Crippen LogP) is 3.16. The van der Waals surface area contributed by atoms with Gasteiger partial charge in [0.1, 0.15) is 5.60 Å². The number of nitrogens with zero attached hydrogens (tertiary/aromatic N) is 2. The number of carbonyl (C=O) groups is 2. The largest absolute Gasteiger partial charge is 0.490 e. The van der Waals surface area contributed by atoms with Crippen molar-refractivity contribution >= 4 is 12.0 Å². The lowest BCUT2D eigenvalue weighted by Gasteiger charge is -2.36. The zero-order valence-corrected chi connectivity index (χ0v) is 21.3. The van der Waals surface area contributed by atoms with Crippen molar-refractivity contribution in [3.63, 3.8) is 0 Å². The molecule has 2 aliphatic heterocycles.